The number of aliphatic hydroxyl groups is 1. The van der Waals surface area contributed by atoms with E-state index < -0.39 is 17.8 Å². The summed E-state index contributed by atoms with van der Waals surface area (Å²) in [6, 6.07) is 8.68. The van der Waals surface area contributed by atoms with Gasteiger partial charge < -0.3 is 14.6 Å². The van der Waals surface area contributed by atoms with Crippen molar-refractivity contribution in [3.8, 4) is 22.6 Å². The zero-order valence-corrected chi connectivity index (χ0v) is 15.0. The second-order valence-electron chi connectivity index (χ2n) is 5.96. The summed E-state index contributed by atoms with van der Waals surface area (Å²) in [6.07, 6.45) is 0. The van der Waals surface area contributed by atoms with Crippen LogP contribution in [-0.4, -0.2) is 17.0 Å². The largest absolute Gasteiger partial charge is 0.423 e. The molecule has 0 spiro atoms. The van der Waals surface area contributed by atoms with Gasteiger partial charge in [-0.3, -0.25) is 0 Å². The fourth-order valence-corrected chi connectivity index (χ4v) is 2.18. The highest BCUT2D eigenvalue weighted by Gasteiger charge is 2.14. The quantitative estimate of drug-likeness (QED) is 0.474. The molecule has 0 atom stereocenters. The van der Waals surface area contributed by atoms with Crippen molar-refractivity contribution in [1.29, 1.82) is 0 Å². The Morgan fingerprint density at radius 1 is 1.00 bits per heavy atom. The van der Waals surface area contributed by atoms with Crippen LogP contribution in [0.5, 0.6) is 11.5 Å². The summed E-state index contributed by atoms with van der Waals surface area (Å²) in [5.74, 6) is -2.01. The Morgan fingerprint density at radius 3 is 2.19 bits per heavy atom. The van der Waals surface area contributed by atoms with Crippen molar-refractivity contribution >= 4 is 11.9 Å². The molecule has 2 aromatic rings. The number of hydrogen-bond acceptors (Lipinski definition) is 5. The van der Waals surface area contributed by atoms with Crippen molar-refractivity contribution in [2.24, 2.45) is 0 Å². The number of carbonyl (C=O) groups is 2. The Morgan fingerprint density at radius 2 is 1.63 bits per heavy atom. The van der Waals surface area contributed by atoms with E-state index in [0.717, 1.165) is 0 Å². The van der Waals surface area contributed by atoms with E-state index in [9.17, 15) is 19.1 Å². The van der Waals surface area contributed by atoms with E-state index >= 15 is 0 Å². The van der Waals surface area contributed by atoms with Gasteiger partial charge in [0.25, 0.3) is 0 Å². The maximum absolute atomic E-state index is 14.3. The van der Waals surface area contributed by atoms with E-state index in [1.807, 2.05) is 0 Å². The van der Waals surface area contributed by atoms with Gasteiger partial charge in [-0.2, -0.15) is 0 Å². The number of esters is 2. The van der Waals surface area contributed by atoms with Crippen molar-refractivity contribution in [1.82, 2.24) is 0 Å². The molecule has 0 unspecified atom stereocenters. The maximum atomic E-state index is 14.3. The van der Waals surface area contributed by atoms with Crippen molar-refractivity contribution in [2.45, 2.75) is 20.5 Å². The maximum Gasteiger partial charge on any atom is 0.338 e. The molecule has 5 nitrogen and oxygen atoms in total. The highest BCUT2D eigenvalue weighted by atomic mass is 19.1. The molecule has 0 radical (unpaired) electrons. The number of hydrogen-bond donors (Lipinski definition) is 1. The van der Waals surface area contributed by atoms with E-state index in [4.69, 9.17) is 9.47 Å². The molecule has 2 rings (SSSR count). The van der Waals surface area contributed by atoms with Gasteiger partial charge in [0.15, 0.2) is 11.6 Å². The fraction of sp³-hybridized carbons (Fsp3) is 0.143. The second-order valence-corrected chi connectivity index (χ2v) is 5.96. The lowest BCUT2D eigenvalue weighted by Gasteiger charge is -2.12. The zero-order valence-electron chi connectivity index (χ0n) is 15.0. The van der Waals surface area contributed by atoms with E-state index in [1.165, 1.54) is 38.1 Å². The molecule has 0 saturated carbocycles. The summed E-state index contributed by atoms with van der Waals surface area (Å²) in [4.78, 5) is 23.1. The van der Waals surface area contributed by atoms with Crippen LogP contribution in [0.1, 0.15) is 19.4 Å². The minimum atomic E-state index is -0.733. The monoisotopic (exact) mass is 370 g/mol. The normalized spacial score (nSPS) is 10.2. The summed E-state index contributed by atoms with van der Waals surface area (Å²) in [5, 5.41) is 9.62. The lowest BCUT2D eigenvalue weighted by molar-refractivity contribution is -0.131. The van der Waals surface area contributed by atoms with E-state index in [1.54, 1.807) is 12.1 Å². The lowest BCUT2D eigenvalue weighted by atomic mass is 9.99. The first-order valence-electron chi connectivity index (χ1n) is 8.02. The second kappa shape index (κ2) is 8.42. The third-order valence-corrected chi connectivity index (χ3v) is 3.60. The van der Waals surface area contributed by atoms with Crippen LogP contribution in [0.4, 0.5) is 4.39 Å². The van der Waals surface area contributed by atoms with Crippen molar-refractivity contribution in [2.75, 3.05) is 0 Å². The summed E-state index contributed by atoms with van der Waals surface area (Å²) < 4.78 is 24.3. The van der Waals surface area contributed by atoms with Gasteiger partial charge in [0.05, 0.1) is 6.61 Å². The standard InChI is InChI=1S/C21H19FO5/c1-12(2)20(24)26-16-6-7-17(15(9-16)11-23)14-5-8-19(18(22)10-14)27-21(25)13(3)4/h5-10,23H,1,3,11H2,2,4H3. The first-order chi connectivity index (χ1) is 12.7. The van der Waals surface area contributed by atoms with Crippen molar-refractivity contribution in [3.05, 3.63) is 72.1 Å². The van der Waals surface area contributed by atoms with Crippen molar-refractivity contribution < 1.29 is 28.6 Å². The van der Waals surface area contributed by atoms with Crippen LogP contribution in [0.3, 0.4) is 0 Å². The lowest BCUT2D eigenvalue weighted by Crippen LogP contribution is -2.09. The van der Waals surface area contributed by atoms with Crippen molar-refractivity contribution in [3.63, 3.8) is 0 Å². The number of halogens is 1. The average Bonchev–Trinajstić information content (AvgIpc) is 2.62. The molecule has 0 aliphatic heterocycles. The predicted octanol–water partition coefficient (Wildman–Crippen LogP) is 3.95. The van der Waals surface area contributed by atoms with Crippen LogP contribution in [-0.2, 0) is 16.2 Å². The number of rotatable bonds is 6. The number of carbonyl (C=O) groups excluding carboxylic acids is 2. The first kappa shape index (κ1) is 20.1. The van der Waals surface area contributed by atoms with E-state index in [-0.39, 0.29) is 29.3 Å². The van der Waals surface area contributed by atoms with Crippen LogP contribution in [0.15, 0.2) is 60.7 Å². The molecule has 0 fully saturated rings. The molecule has 2 aromatic carbocycles. The summed E-state index contributed by atoms with van der Waals surface area (Å²) >= 11 is 0. The first-order valence-corrected chi connectivity index (χ1v) is 8.02. The van der Waals surface area contributed by atoms with Crippen LogP contribution < -0.4 is 9.47 Å². The summed E-state index contributed by atoms with van der Waals surface area (Å²) in [5.41, 5.74) is 1.84. The number of aliphatic hydroxyl groups excluding tert-OH is 1. The third kappa shape index (κ3) is 4.89. The highest BCUT2D eigenvalue weighted by Crippen LogP contribution is 2.31. The third-order valence-electron chi connectivity index (χ3n) is 3.60. The Bertz CT molecular complexity index is 930. The van der Waals surface area contributed by atoms with Gasteiger partial charge in [0.2, 0.25) is 0 Å². The topological polar surface area (TPSA) is 72.8 Å². The fourth-order valence-electron chi connectivity index (χ4n) is 2.18. The van der Waals surface area contributed by atoms with E-state index in [2.05, 4.69) is 13.2 Å². The van der Waals surface area contributed by atoms with Gasteiger partial charge in [0, 0.05) is 11.1 Å². The zero-order chi connectivity index (χ0) is 20.1. The molecular weight excluding hydrogens is 351 g/mol. The Hall–Kier alpha value is -3.25. The molecule has 0 aliphatic rings. The minimum absolute atomic E-state index is 0.154. The molecule has 6 heteroatoms. The average molecular weight is 370 g/mol. The van der Waals surface area contributed by atoms with Crippen LogP contribution in [0, 0.1) is 5.82 Å². The van der Waals surface area contributed by atoms with Gasteiger partial charge >= 0.3 is 11.9 Å². The summed E-state index contributed by atoms with van der Waals surface area (Å²) in [6.45, 7) is 9.58. The van der Waals surface area contributed by atoms with Gasteiger partial charge in [-0.15, -0.1) is 0 Å². The van der Waals surface area contributed by atoms with E-state index in [0.29, 0.717) is 16.7 Å². The van der Waals surface area contributed by atoms with Gasteiger partial charge in [-0.05, 0) is 54.8 Å². The number of ether oxygens (including phenoxy) is 2. The Balaban J connectivity index is 2.33. The molecule has 0 aromatic heterocycles. The molecule has 27 heavy (non-hydrogen) atoms. The smallest absolute Gasteiger partial charge is 0.338 e. The molecule has 0 heterocycles. The van der Waals surface area contributed by atoms with Gasteiger partial charge in [0.1, 0.15) is 5.75 Å². The molecule has 0 aliphatic carbocycles. The van der Waals surface area contributed by atoms with Crippen LogP contribution >= 0.6 is 0 Å². The summed E-state index contributed by atoms with van der Waals surface area (Å²) in [7, 11) is 0. The van der Waals surface area contributed by atoms with Gasteiger partial charge in [-0.1, -0.05) is 25.3 Å². The molecular formula is C21H19FO5. The molecule has 140 valence electrons. The molecule has 0 saturated heterocycles. The van der Waals surface area contributed by atoms with Gasteiger partial charge in [-0.25, -0.2) is 14.0 Å². The molecule has 0 bridgehead atoms. The Kier molecular flexibility index (Phi) is 6.26. The minimum Gasteiger partial charge on any atom is -0.423 e. The molecule has 1 N–H and O–H groups in total. The number of benzene rings is 2. The predicted molar refractivity (Wildman–Crippen MR) is 98.7 cm³/mol. The van der Waals surface area contributed by atoms with Crippen LogP contribution in [0.25, 0.3) is 11.1 Å². The Labute approximate surface area is 156 Å². The van der Waals surface area contributed by atoms with Crippen LogP contribution in [0.2, 0.25) is 0 Å². The highest BCUT2D eigenvalue weighted by molar-refractivity contribution is 5.89. The SMILES string of the molecule is C=C(C)C(=O)Oc1ccc(-c2ccc(OC(=O)C(=C)C)c(F)c2)c(CO)c1. The molecule has 0 amide bonds.